The third-order valence-electron chi connectivity index (χ3n) is 16.2. The van der Waals surface area contributed by atoms with Gasteiger partial charge in [0.2, 0.25) is 0 Å². The van der Waals surface area contributed by atoms with Crippen LogP contribution in [0.5, 0.6) is 0 Å². The van der Waals surface area contributed by atoms with Crippen LogP contribution in [0.15, 0.2) is 267 Å². The second-order valence-electron chi connectivity index (χ2n) is 21.0. The standard InChI is InChI=1S/C73H50N4/c1-73(2)64-22-12-9-19-58(64)59-41-39-57(45-65(59)73)77-69-24-14-11-21-61(69)63-43-54(36-42-70(63)77)55-35-40-62-60-20-10-13-23-68(60)76(71(62)44-55)56-37-33-53(34-38-56)72-74-66(51-29-25-49(26-30-51)47-15-5-3-6-16-47)46-67(75-72)52-31-27-50(28-32-52)48-17-7-4-8-18-48/h3-46H,1-2H3. The molecule has 0 atom stereocenters. The van der Waals surface area contributed by atoms with E-state index >= 15 is 0 Å². The third kappa shape index (κ3) is 7.36. The summed E-state index contributed by atoms with van der Waals surface area (Å²) in [5.41, 5.74) is 24.1. The van der Waals surface area contributed by atoms with Gasteiger partial charge in [0.1, 0.15) is 0 Å². The molecule has 1 aliphatic rings. The van der Waals surface area contributed by atoms with Gasteiger partial charge in [-0.1, -0.05) is 208 Å². The normalized spacial score (nSPS) is 12.6. The number of para-hydroxylation sites is 2. The third-order valence-corrected chi connectivity index (χ3v) is 16.2. The van der Waals surface area contributed by atoms with Crippen molar-refractivity contribution in [3.05, 3.63) is 278 Å². The number of nitrogens with zero attached hydrogens (tertiary/aromatic N) is 4. The fourth-order valence-electron chi connectivity index (χ4n) is 12.3. The van der Waals surface area contributed by atoms with Crippen LogP contribution < -0.4 is 0 Å². The molecule has 362 valence electrons. The van der Waals surface area contributed by atoms with Crippen molar-refractivity contribution in [2.75, 3.05) is 0 Å². The number of aromatic nitrogens is 4. The number of benzene rings is 11. The van der Waals surface area contributed by atoms with Gasteiger partial charge in [-0.25, -0.2) is 9.97 Å². The zero-order chi connectivity index (χ0) is 51.2. The highest BCUT2D eigenvalue weighted by Crippen LogP contribution is 2.50. The Morgan fingerprint density at radius 1 is 0.273 bits per heavy atom. The first kappa shape index (κ1) is 44.6. The summed E-state index contributed by atoms with van der Waals surface area (Å²) in [5, 5.41) is 4.91. The van der Waals surface area contributed by atoms with E-state index in [9.17, 15) is 0 Å². The summed E-state index contributed by atoms with van der Waals surface area (Å²) in [4.78, 5) is 10.5. The van der Waals surface area contributed by atoms with Crippen molar-refractivity contribution >= 4 is 43.6 Å². The largest absolute Gasteiger partial charge is 0.309 e. The van der Waals surface area contributed by atoms with Crippen LogP contribution in [0.1, 0.15) is 25.0 Å². The van der Waals surface area contributed by atoms with Crippen LogP contribution >= 0.6 is 0 Å². The monoisotopic (exact) mass is 982 g/mol. The smallest absolute Gasteiger partial charge is 0.160 e. The molecule has 1 aliphatic carbocycles. The molecule has 3 heterocycles. The maximum absolute atomic E-state index is 5.27. The highest BCUT2D eigenvalue weighted by atomic mass is 15.0. The summed E-state index contributed by atoms with van der Waals surface area (Å²) >= 11 is 0. The van der Waals surface area contributed by atoms with Crippen LogP contribution in [-0.4, -0.2) is 19.1 Å². The van der Waals surface area contributed by atoms with Crippen LogP contribution in [-0.2, 0) is 5.41 Å². The lowest BCUT2D eigenvalue weighted by Crippen LogP contribution is -2.15. The molecular weight excluding hydrogens is 933 g/mol. The molecule has 15 rings (SSSR count). The average Bonchev–Trinajstić information content (AvgIpc) is 4.11. The zero-order valence-electron chi connectivity index (χ0n) is 42.7. The molecular formula is C73H50N4. The van der Waals surface area contributed by atoms with Gasteiger partial charge in [-0.2, -0.15) is 0 Å². The molecule has 11 aromatic carbocycles. The van der Waals surface area contributed by atoms with Crippen LogP contribution in [0, 0.1) is 0 Å². The zero-order valence-corrected chi connectivity index (χ0v) is 42.7. The Morgan fingerprint density at radius 3 is 1.36 bits per heavy atom. The van der Waals surface area contributed by atoms with E-state index in [-0.39, 0.29) is 5.41 Å². The van der Waals surface area contributed by atoms with Gasteiger partial charge in [0, 0.05) is 55.0 Å². The van der Waals surface area contributed by atoms with E-state index in [2.05, 4.69) is 290 Å². The lowest BCUT2D eigenvalue weighted by Gasteiger charge is -2.22. The van der Waals surface area contributed by atoms with Gasteiger partial charge in [-0.3, -0.25) is 0 Å². The fourth-order valence-corrected chi connectivity index (χ4v) is 12.3. The summed E-state index contributed by atoms with van der Waals surface area (Å²) in [6, 6.07) is 96.8. The Hall–Kier alpha value is -9.90. The summed E-state index contributed by atoms with van der Waals surface area (Å²) in [6.45, 7) is 4.71. The maximum Gasteiger partial charge on any atom is 0.160 e. The second-order valence-corrected chi connectivity index (χ2v) is 21.0. The van der Waals surface area contributed by atoms with Gasteiger partial charge < -0.3 is 9.13 Å². The van der Waals surface area contributed by atoms with E-state index < -0.39 is 0 Å². The predicted molar refractivity (Wildman–Crippen MR) is 321 cm³/mol. The SMILES string of the molecule is CC1(C)c2ccccc2-c2ccc(-n3c4ccccc4c4cc(-c5ccc6c7ccccc7n(-c7ccc(-c8nc(-c9ccc(-c%10ccccc%10)cc9)cc(-c9ccc(-c%10ccccc%10)cc9)n8)cc7)c6c5)ccc43)cc21. The molecule has 0 saturated heterocycles. The maximum atomic E-state index is 5.27. The predicted octanol–water partition coefficient (Wildman–Crippen LogP) is 19.0. The van der Waals surface area contributed by atoms with E-state index in [4.69, 9.17) is 9.97 Å². The number of rotatable bonds is 8. The number of hydrogen-bond acceptors (Lipinski definition) is 2. The average molecular weight is 983 g/mol. The summed E-state index contributed by atoms with van der Waals surface area (Å²) < 4.78 is 4.86. The van der Waals surface area contributed by atoms with Gasteiger partial charge in [-0.05, 0) is 128 Å². The molecule has 0 saturated carbocycles. The Bertz CT molecular complexity index is 4500. The van der Waals surface area contributed by atoms with Crippen LogP contribution in [0.4, 0.5) is 0 Å². The van der Waals surface area contributed by atoms with Crippen LogP contribution in [0.25, 0.3) is 133 Å². The molecule has 14 aromatic rings. The minimum atomic E-state index is -0.0875. The quantitative estimate of drug-likeness (QED) is 0.152. The van der Waals surface area contributed by atoms with Crippen molar-refractivity contribution in [1.29, 1.82) is 0 Å². The number of fused-ring (bicyclic) bond motifs is 9. The molecule has 0 radical (unpaired) electrons. The molecule has 4 nitrogen and oxygen atoms in total. The van der Waals surface area contributed by atoms with Crippen molar-refractivity contribution in [2.24, 2.45) is 0 Å². The molecule has 0 amide bonds. The van der Waals surface area contributed by atoms with Gasteiger partial charge in [0.25, 0.3) is 0 Å². The van der Waals surface area contributed by atoms with Crippen molar-refractivity contribution in [3.63, 3.8) is 0 Å². The van der Waals surface area contributed by atoms with Gasteiger partial charge in [-0.15, -0.1) is 0 Å². The Labute approximate surface area is 447 Å². The first-order valence-electron chi connectivity index (χ1n) is 26.5. The van der Waals surface area contributed by atoms with Crippen molar-refractivity contribution in [3.8, 4) is 89.8 Å². The molecule has 0 bridgehead atoms. The lowest BCUT2D eigenvalue weighted by atomic mass is 9.82. The molecule has 0 unspecified atom stereocenters. The Balaban J connectivity index is 0.811. The minimum Gasteiger partial charge on any atom is -0.309 e. The van der Waals surface area contributed by atoms with Crippen LogP contribution in [0.3, 0.4) is 0 Å². The van der Waals surface area contributed by atoms with Gasteiger partial charge in [0.15, 0.2) is 5.82 Å². The van der Waals surface area contributed by atoms with E-state index in [0.29, 0.717) is 5.82 Å². The van der Waals surface area contributed by atoms with Gasteiger partial charge in [0.05, 0.1) is 33.5 Å². The lowest BCUT2D eigenvalue weighted by molar-refractivity contribution is 0.660. The van der Waals surface area contributed by atoms with E-state index in [1.165, 1.54) is 93.9 Å². The van der Waals surface area contributed by atoms with E-state index in [1.54, 1.807) is 0 Å². The topological polar surface area (TPSA) is 35.6 Å². The van der Waals surface area contributed by atoms with E-state index in [0.717, 1.165) is 44.8 Å². The van der Waals surface area contributed by atoms with Gasteiger partial charge >= 0.3 is 0 Å². The first-order valence-corrected chi connectivity index (χ1v) is 26.5. The molecule has 0 aliphatic heterocycles. The molecule has 0 N–H and O–H groups in total. The summed E-state index contributed by atoms with van der Waals surface area (Å²) in [7, 11) is 0. The Kier molecular flexibility index (Phi) is 10.2. The Morgan fingerprint density at radius 2 is 0.714 bits per heavy atom. The highest BCUT2D eigenvalue weighted by Gasteiger charge is 2.35. The number of hydrogen-bond donors (Lipinski definition) is 0. The van der Waals surface area contributed by atoms with E-state index in [1.807, 2.05) is 0 Å². The van der Waals surface area contributed by atoms with Crippen molar-refractivity contribution < 1.29 is 0 Å². The van der Waals surface area contributed by atoms with Crippen molar-refractivity contribution in [1.82, 2.24) is 19.1 Å². The first-order chi connectivity index (χ1) is 37.9. The minimum absolute atomic E-state index is 0.0875. The van der Waals surface area contributed by atoms with Crippen molar-refractivity contribution in [2.45, 2.75) is 19.3 Å². The molecule has 3 aromatic heterocycles. The molecule has 77 heavy (non-hydrogen) atoms. The molecule has 0 spiro atoms. The molecule has 0 fully saturated rings. The highest BCUT2D eigenvalue weighted by molar-refractivity contribution is 6.12. The summed E-state index contributed by atoms with van der Waals surface area (Å²) in [5.74, 6) is 0.676. The molecule has 4 heteroatoms. The second kappa shape index (κ2) is 17.6. The fraction of sp³-hybridized carbons (Fsp3) is 0.0411. The summed E-state index contributed by atoms with van der Waals surface area (Å²) in [6.07, 6.45) is 0. The van der Waals surface area contributed by atoms with Crippen LogP contribution in [0.2, 0.25) is 0 Å².